The largest absolute Gasteiger partial charge is 0.369 e. The quantitative estimate of drug-likeness (QED) is 0.422. The van der Waals surface area contributed by atoms with Crippen molar-refractivity contribution in [1.82, 2.24) is 4.90 Å². The lowest BCUT2D eigenvalue weighted by atomic mass is 9.40. The highest BCUT2D eigenvalue weighted by Crippen LogP contribution is 2.69. The number of benzene rings is 2. The maximum Gasteiger partial charge on any atom is 0.0367 e. The van der Waals surface area contributed by atoms with Gasteiger partial charge in [0.15, 0.2) is 0 Å². The molecule has 1 aliphatic heterocycles. The summed E-state index contributed by atoms with van der Waals surface area (Å²) in [6.07, 6.45) is 16.2. The van der Waals surface area contributed by atoms with E-state index in [9.17, 15) is 0 Å². The van der Waals surface area contributed by atoms with Crippen molar-refractivity contribution in [1.29, 1.82) is 0 Å². The molecule has 36 heavy (non-hydrogen) atoms. The van der Waals surface area contributed by atoms with Crippen molar-refractivity contribution in [2.24, 2.45) is 23.2 Å². The molecule has 8 rings (SSSR count). The molecule has 2 aromatic carbocycles. The molecular weight excluding hydrogens is 436 g/mol. The summed E-state index contributed by atoms with van der Waals surface area (Å²) >= 11 is 0. The highest BCUT2D eigenvalue weighted by Gasteiger charge is 2.60. The second-order valence-electron chi connectivity index (χ2n) is 13.5. The zero-order valence-corrected chi connectivity index (χ0v) is 22.6. The van der Waals surface area contributed by atoms with Crippen molar-refractivity contribution < 1.29 is 0 Å². The van der Waals surface area contributed by atoms with Gasteiger partial charge in [-0.2, -0.15) is 0 Å². The van der Waals surface area contributed by atoms with E-state index in [1.807, 2.05) is 0 Å². The minimum atomic E-state index is 0.495. The van der Waals surface area contributed by atoms with E-state index in [1.165, 1.54) is 81.4 Å². The van der Waals surface area contributed by atoms with Crippen molar-refractivity contribution in [3.8, 4) is 0 Å². The lowest BCUT2D eigenvalue weighted by molar-refractivity contribution is -0.102. The number of anilines is 1. The van der Waals surface area contributed by atoms with E-state index < -0.39 is 0 Å². The van der Waals surface area contributed by atoms with Crippen LogP contribution in [-0.2, 0) is 11.8 Å². The molecule has 1 heterocycles. The molecule has 0 radical (unpaired) electrons. The van der Waals surface area contributed by atoms with Gasteiger partial charge in [0.1, 0.15) is 0 Å². The number of piperazine rings is 1. The number of rotatable bonds is 6. The molecule has 2 aromatic rings. The Hall–Kier alpha value is -1.80. The Labute approximate surface area is 219 Å². The van der Waals surface area contributed by atoms with Crippen LogP contribution in [0.25, 0.3) is 0 Å². The molecule has 5 saturated carbocycles. The van der Waals surface area contributed by atoms with Crippen LogP contribution in [-0.4, -0.2) is 37.6 Å². The van der Waals surface area contributed by atoms with Gasteiger partial charge in [-0.15, -0.1) is 0 Å². The standard InChI is InChI=1S/C34H46N2/c1-2-35-15-17-36(18-16-35)32-13-9-27(10-14-32)19-26-7-11-31(12-8-26)34-23-28-20-29(24-34)22-33(21-28,25-34)30-5-3-4-6-30/h7-14,28-30H,2-6,15-25H2,1H3. The molecule has 192 valence electrons. The van der Waals surface area contributed by atoms with E-state index in [1.54, 1.807) is 24.8 Å². The molecular formula is C34H46N2. The monoisotopic (exact) mass is 482 g/mol. The van der Waals surface area contributed by atoms with Gasteiger partial charge in [0.2, 0.25) is 0 Å². The molecule has 2 heteroatoms. The average molecular weight is 483 g/mol. The van der Waals surface area contributed by atoms with Gasteiger partial charge < -0.3 is 9.80 Å². The number of hydrogen-bond acceptors (Lipinski definition) is 2. The fraction of sp³-hybridized carbons (Fsp3) is 0.647. The van der Waals surface area contributed by atoms with E-state index >= 15 is 0 Å². The van der Waals surface area contributed by atoms with E-state index in [4.69, 9.17) is 0 Å². The van der Waals surface area contributed by atoms with Gasteiger partial charge in [0.25, 0.3) is 0 Å². The van der Waals surface area contributed by atoms with Gasteiger partial charge >= 0.3 is 0 Å². The lowest BCUT2D eigenvalue weighted by Crippen LogP contribution is -2.56. The summed E-state index contributed by atoms with van der Waals surface area (Å²) < 4.78 is 0. The van der Waals surface area contributed by atoms with E-state index in [2.05, 4.69) is 65.3 Å². The van der Waals surface area contributed by atoms with Gasteiger partial charge in [0, 0.05) is 31.9 Å². The van der Waals surface area contributed by atoms with Crippen LogP contribution in [0.15, 0.2) is 48.5 Å². The Balaban J connectivity index is 1.04. The molecule has 2 unspecified atom stereocenters. The summed E-state index contributed by atoms with van der Waals surface area (Å²) in [6, 6.07) is 19.5. The summed E-state index contributed by atoms with van der Waals surface area (Å²) in [5, 5.41) is 0. The van der Waals surface area contributed by atoms with Gasteiger partial charge in [0.05, 0.1) is 0 Å². The highest BCUT2D eigenvalue weighted by molar-refractivity contribution is 5.49. The van der Waals surface area contributed by atoms with E-state index in [0.717, 1.165) is 37.3 Å². The maximum atomic E-state index is 2.55. The van der Waals surface area contributed by atoms with Crippen LogP contribution < -0.4 is 4.90 Å². The van der Waals surface area contributed by atoms with Crippen LogP contribution >= 0.6 is 0 Å². The van der Waals surface area contributed by atoms with Crippen molar-refractivity contribution in [2.75, 3.05) is 37.6 Å². The smallest absolute Gasteiger partial charge is 0.0367 e. The molecule has 4 bridgehead atoms. The third-order valence-corrected chi connectivity index (χ3v) is 11.4. The average Bonchev–Trinajstić information content (AvgIpc) is 3.45. The van der Waals surface area contributed by atoms with Crippen molar-refractivity contribution in [2.45, 2.75) is 83.0 Å². The Morgan fingerprint density at radius 2 is 1.36 bits per heavy atom. The Bertz CT molecular complexity index is 1030. The maximum absolute atomic E-state index is 2.55. The van der Waals surface area contributed by atoms with Crippen LogP contribution in [0.4, 0.5) is 5.69 Å². The lowest BCUT2D eigenvalue weighted by Gasteiger charge is -2.64. The first kappa shape index (κ1) is 23.3. The van der Waals surface area contributed by atoms with Crippen LogP contribution in [0.2, 0.25) is 0 Å². The number of likely N-dealkylation sites (N-methyl/N-ethyl adjacent to an activating group) is 1. The summed E-state index contributed by atoms with van der Waals surface area (Å²) in [5.41, 5.74) is 7.18. The Kier molecular flexibility index (Phi) is 5.96. The van der Waals surface area contributed by atoms with Crippen LogP contribution in [0.3, 0.4) is 0 Å². The molecule has 5 aliphatic carbocycles. The van der Waals surface area contributed by atoms with Gasteiger partial charge in [-0.1, -0.05) is 56.2 Å². The molecule has 2 nitrogen and oxygen atoms in total. The first-order chi connectivity index (χ1) is 17.6. The molecule has 1 saturated heterocycles. The van der Waals surface area contributed by atoms with Crippen molar-refractivity contribution in [3.63, 3.8) is 0 Å². The minimum Gasteiger partial charge on any atom is -0.369 e. The van der Waals surface area contributed by atoms with Crippen LogP contribution in [0.5, 0.6) is 0 Å². The summed E-state index contributed by atoms with van der Waals surface area (Å²) in [6.45, 7) is 8.13. The van der Waals surface area contributed by atoms with Gasteiger partial charge in [-0.05, 0) is 122 Å². The molecule has 0 amide bonds. The third kappa shape index (κ3) is 4.12. The normalized spacial score (nSPS) is 34.5. The molecule has 2 atom stereocenters. The molecule has 0 N–H and O–H groups in total. The van der Waals surface area contributed by atoms with Gasteiger partial charge in [-0.25, -0.2) is 0 Å². The minimum absolute atomic E-state index is 0.495. The molecule has 6 fully saturated rings. The van der Waals surface area contributed by atoms with E-state index in [-0.39, 0.29) is 0 Å². The first-order valence-corrected chi connectivity index (χ1v) is 15.3. The van der Waals surface area contributed by atoms with Crippen molar-refractivity contribution >= 4 is 5.69 Å². The van der Waals surface area contributed by atoms with Gasteiger partial charge in [-0.3, -0.25) is 0 Å². The third-order valence-electron chi connectivity index (χ3n) is 11.4. The molecule has 6 aliphatic rings. The summed E-state index contributed by atoms with van der Waals surface area (Å²) in [7, 11) is 0. The second kappa shape index (κ2) is 9.19. The summed E-state index contributed by atoms with van der Waals surface area (Å²) in [4.78, 5) is 5.10. The highest BCUT2D eigenvalue weighted by atomic mass is 15.3. The van der Waals surface area contributed by atoms with Crippen LogP contribution in [0.1, 0.15) is 87.8 Å². The van der Waals surface area contributed by atoms with E-state index in [0.29, 0.717) is 10.8 Å². The molecule has 0 aromatic heterocycles. The molecule has 0 spiro atoms. The Morgan fingerprint density at radius 3 is 1.97 bits per heavy atom. The Morgan fingerprint density at radius 1 is 0.750 bits per heavy atom. The summed E-state index contributed by atoms with van der Waals surface area (Å²) in [5.74, 6) is 3.06. The fourth-order valence-electron chi connectivity index (χ4n) is 10.0. The number of nitrogens with zero attached hydrogens (tertiary/aromatic N) is 2. The zero-order chi connectivity index (χ0) is 24.2. The predicted octanol–water partition coefficient (Wildman–Crippen LogP) is 7.45. The van der Waals surface area contributed by atoms with Crippen molar-refractivity contribution in [3.05, 3.63) is 65.2 Å². The zero-order valence-electron chi connectivity index (χ0n) is 22.6. The van der Waals surface area contributed by atoms with Crippen LogP contribution in [0, 0.1) is 23.2 Å². The first-order valence-electron chi connectivity index (χ1n) is 15.3. The number of hydrogen-bond donors (Lipinski definition) is 0. The SMILES string of the molecule is CCN1CCN(c2ccc(Cc3ccc(C45CC6CC(C4)CC(C4CCCC4)(C6)C5)cc3)cc2)CC1. The predicted molar refractivity (Wildman–Crippen MR) is 151 cm³/mol. The fourth-order valence-corrected chi connectivity index (χ4v) is 10.0. The second-order valence-corrected chi connectivity index (χ2v) is 13.5. The topological polar surface area (TPSA) is 6.48 Å².